The van der Waals surface area contributed by atoms with Gasteiger partial charge >= 0.3 is 6.18 Å². The van der Waals surface area contributed by atoms with Crippen molar-refractivity contribution >= 4 is 23.2 Å². The number of aliphatic hydroxyl groups is 1. The number of nitrogens with one attached hydrogen (secondary N) is 2. The topological polar surface area (TPSA) is 107 Å². The Hall–Kier alpha value is -3.35. The van der Waals surface area contributed by atoms with Crippen LogP contribution in [0.4, 0.5) is 13.2 Å². The van der Waals surface area contributed by atoms with Gasteiger partial charge in [-0.1, -0.05) is 6.07 Å². The number of aromatic nitrogens is 2. The number of alkyl halides is 3. The summed E-state index contributed by atoms with van der Waals surface area (Å²) in [6.07, 6.45) is 2.39. The van der Waals surface area contributed by atoms with Gasteiger partial charge in [0.25, 0.3) is 5.91 Å². The number of hydrogen-bond acceptors (Lipinski definition) is 7. The molecule has 2 fully saturated rings. The van der Waals surface area contributed by atoms with Crippen molar-refractivity contribution in [1.82, 2.24) is 25.5 Å². The molecular formula is C28H30F3N5O3S. The van der Waals surface area contributed by atoms with Gasteiger partial charge < -0.3 is 20.6 Å². The molecule has 3 heterocycles. The predicted molar refractivity (Wildman–Crippen MR) is 143 cm³/mol. The van der Waals surface area contributed by atoms with Gasteiger partial charge in [-0.05, 0) is 62.4 Å². The summed E-state index contributed by atoms with van der Waals surface area (Å²) in [5, 5.41) is 20.1. The van der Waals surface area contributed by atoms with E-state index in [1.165, 1.54) is 23.5 Å². The van der Waals surface area contributed by atoms with Crippen molar-refractivity contribution in [3.05, 3.63) is 71.0 Å². The van der Waals surface area contributed by atoms with Crippen molar-refractivity contribution in [2.24, 2.45) is 0 Å². The van der Waals surface area contributed by atoms with E-state index in [0.717, 1.165) is 42.0 Å². The maximum Gasteiger partial charge on any atom is 0.416 e. The maximum absolute atomic E-state index is 12.9. The van der Waals surface area contributed by atoms with Crippen molar-refractivity contribution < 1.29 is 27.9 Å². The van der Waals surface area contributed by atoms with Crippen LogP contribution in [0.5, 0.6) is 0 Å². The Morgan fingerprint density at radius 1 is 1.10 bits per heavy atom. The first-order chi connectivity index (χ1) is 19.1. The highest BCUT2D eigenvalue weighted by molar-refractivity contribution is 7.13. The average Bonchev–Trinajstić information content (AvgIpc) is 3.66. The number of halogens is 3. The van der Waals surface area contributed by atoms with Crippen LogP contribution in [0.1, 0.15) is 53.7 Å². The number of thiazole rings is 1. The van der Waals surface area contributed by atoms with Gasteiger partial charge in [-0.2, -0.15) is 13.2 Å². The Kier molecular flexibility index (Phi) is 8.20. The summed E-state index contributed by atoms with van der Waals surface area (Å²) in [4.78, 5) is 35.4. The van der Waals surface area contributed by atoms with Crippen LogP contribution >= 0.6 is 11.3 Å². The Morgan fingerprint density at radius 2 is 1.90 bits per heavy atom. The third kappa shape index (κ3) is 6.51. The van der Waals surface area contributed by atoms with Crippen molar-refractivity contribution in [3.8, 4) is 10.6 Å². The second-order valence-corrected chi connectivity index (χ2v) is 11.2. The first-order valence-electron chi connectivity index (χ1n) is 13.2. The summed E-state index contributed by atoms with van der Waals surface area (Å²) in [6, 6.07) is 8.22. The number of carbonyl (C=O) groups is 2. The average molecular weight is 574 g/mol. The van der Waals surface area contributed by atoms with Crippen LogP contribution in [0.15, 0.2) is 54.2 Å². The van der Waals surface area contributed by atoms with Crippen LogP contribution in [0.2, 0.25) is 0 Å². The highest BCUT2D eigenvalue weighted by atomic mass is 32.1. The van der Waals surface area contributed by atoms with Crippen molar-refractivity contribution in [3.63, 3.8) is 0 Å². The van der Waals surface area contributed by atoms with E-state index < -0.39 is 23.2 Å². The largest absolute Gasteiger partial charge is 0.416 e. The van der Waals surface area contributed by atoms with E-state index in [1.807, 2.05) is 17.5 Å². The lowest BCUT2D eigenvalue weighted by molar-refractivity contribution is -0.137. The molecule has 212 valence electrons. The predicted octanol–water partition coefficient (Wildman–Crippen LogP) is 3.97. The molecule has 3 N–H and O–H groups in total. The van der Waals surface area contributed by atoms with Crippen LogP contribution in [0, 0.1) is 0 Å². The third-order valence-electron chi connectivity index (χ3n) is 7.60. The van der Waals surface area contributed by atoms with Crippen molar-refractivity contribution in [2.75, 3.05) is 19.6 Å². The Morgan fingerprint density at radius 3 is 2.58 bits per heavy atom. The van der Waals surface area contributed by atoms with Gasteiger partial charge in [0, 0.05) is 54.1 Å². The van der Waals surface area contributed by atoms with E-state index in [2.05, 4.69) is 20.6 Å². The number of amides is 2. The first-order valence-corrected chi connectivity index (χ1v) is 14.1. The van der Waals surface area contributed by atoms with E-state index in [-0.39, 0.29) is 30.1 Å². The maximum atomic E-state index is 12.9. The number of likely N-dealkylation sites (tertiary alicyclic amines) is 1. The molecule has 0 unspecified atom stereocenters. The molecule has 1 saturated carbocycles. The van der Waals surface area contributed by atoms with E-state index in [9.17, 15) is 27.9 Å². The van der Waals surface area contributed by atoms with Crippen molar-refractivity contribution in [1.29, 1.82) is 0 Å². The molecule has 1 atom stereocenters. The number of pyridine rings is 1. The lowest BCUT2D eigenvalue weighted by atomic mass is 9.79. The van der Waals surface area contributed by atoms with Gasteiger partial charge in [0.1, 0.15) is 10.6 Å². The molecule has 0 spiro atoms. The van der Waals surface area contributed by atoms with Crippen LogP contribution in [-0.2, 0) is 16.6 Å². The van der Waals surface area contributed by atoms with Crippen molar-refractivity contribution in [2.45, 2.75) is 56.0 Å². The van der Waals surface area contributed by atoms with Gasteiger partial charge in [0.2, 0.25) is 5.91 Å². The number of nitrogens with zero attached hydrogens (tertiary/aromatic N) is 3. The van der Waals surface area contributed by atoms with E-state index >= 15 is 0 Å². The van der Waals surface area contributed by atoms with E-state index in [0.29, 0.717) is 31.6 Å². The second kappa shape index (κ2) is 11.6. The molecule has 1 aromatic carbocycles. The third-order valence-corrected chi connectivity index (χ3v) is 8.42. The molecule has 2 amide bonds. The first kappa shape index (κ1) is 28.2. The number of hydrogen-bond donors (Lipinski definition) is 3. The van der Waals surface area contributed by atoms with E-state index in [1.54, 1.807) is 17.3 Å². The minimum atomic E-state index is -4.55. The summed E-state index contributed by atoms with van der Waals surface area (Å²) in [5.74, 6) is -1.01. The summed E-state index contributed by atoms with van der Waals surface area (Å²) in [5.41, 5.74) is -0.451. The Balaban J connectivity index is 1.06. The molecule has 12 heteroatoms. The van der Waals surface area contributed by atoms with Crippen LogP contribution in [0.3, 0.4) is 0 Å². The zero-order valence-corrected chi connectivity index (χ0v) is 22.5. The van der Waals surface area contributed by atoms with Gasteiger partial charge in [0.05, 0.1) is 17.8 Å². The lowest BCUT2D eigenvalue weighted by Crippen LogP contribution is -2.46. The standard InChI is InChI=1S/C28H30F3N5O3S/c29-28(30,31)20-3-1-2-18(14-20)25(38)34-16-24(37)36-12-8-22(17-36)35-21-6-9-27(39,10-7-21)23-5-4-19(15-33-23)26-32-11-13-40-26/h1-5,11,13-15,21-22,35,39H,6-10,12,16-17H2,(H,34,38)/t21?,22-,27?/m0/s1. The molecule has 5 rings (SSSR count). The zero-order chi connectivity index (χ0) is 28.3. The monoisotopic (exact) mass is 573 g/mol. The molecule has 40 heavy (non-hydrogen) atoms. The molecule has 2 aromatic heterocycles. The van der Waals surface area contributed by atoms with Gasteiger partial charge in [0.15, 0.2) is 0 Å². The zero-order valence-electron chi connectivity index (χ0n) is 21.7. The van der Waals surface area contributed by atoms with E-state index in [4.69, 9.17) is 0 Å². The highest BCUT2D eigenvalue weighted by Crippen LogP contribution is 2.37. The second-order valence-electron chi connectivity index (χ2n) is 10.3. The highest BCUT2D eigenvalue weighted by Gasteiger charge is 2.37. The quantitative estimate of drug-likeness (QED) is 0.395. The fourth-order valence-corrected chi connectivity index (χ4v) is 5.97. The smallest absolute Gasteiger partial charge is 0.384 e. The van der Waals surface area contributed by atoms with Gasteiger partial charge in [-0.25, -0.2) is 4.98 Å². The van der Waals surface area contributed by atoms with Crippen LogP contribution < -0.4 is 10.6 Å². The molecule has 1 saturated heterocycles. The Labute approximate surface area is 233 Å². The minimum absolute atomic E-state index is 0.0926. The molecular weight excluding hydrogens is 543 g/mol. The molecule has 2 aliphatic rings. The number of benzene rings is 1. The van der Waals surface area contributed by atoms with Crippen LogP contribution in [-0.4, -0.2) is 63.5 Å². The minimum Gasteiger partial charge on any atom is -0.384 e. The fourth-order valence-electron chi connectivity index (χ4n) is 5.34. The Bertz CT molecular complexity index is 1330. The molecule has 8 nitrogen and oxygen atoms in total. The number of carbonyl (C=O) groups excluding carboxylic acids is 2. The van der Waals surface area contributed by atoms with Gasteiger partial charge in [-0.3, -0.25) is 14.6 Å². The SMILES string of the molecule is O=C(NCC(=O)N1CC[C@H](NC2CCC(O)(c3ccc(-c4nccs4)cn3)CC2)C1)c1cccc(C(F)(F)F)c1. The van der Waals surface area contributed by atoms with Crippen LogP contribution in [0.25, 0.3) is 10.6 Å². The molecule has 0 radical (unpaired) electrons. The normalized spacial score (nSPS) is 23.2. The molecule has 3 aromatic rings. The number of rotatable bonds is 7. The summed E-state index contributed by atoms with van der Waals surface area (Å²) in [7, 11) is 0. The lowest BCUT2D eigenvalue weighted by Gasteiger charge is -2.37. The summed E-state index contributed by atoms with van der Waals surface area (Å²) >= 11 is 1.54. The fraction of sp³-hybridized carbons (Fsp3) is 0.429. The summed E-state index contributed by atoms with van der Waals surface area (Å²) < 4.78 is 38.7. The summed E-state index contributed by atoms with van der Waals surface area (Å²) in [6.45, 7) is 0.730. The molecule has 1 aliphatic heterocycles. The molecule has 0 bridgehead atoms. The molecule has 1 aliphatic carbocycles. The van der Waals surface area contributed by atoms with Gasteiger partial charge in [-0.15, -0.1) is 11.3 Å².